The van der Waals surface area contributed by atoms with Gasteiger partial charge >= 0.3 is 0 Å². The van der Waals surface area contributed by atoms with Gasteiger partial charge in [0.05, 0.1) is 0 Å². The predicted molar refractivity (Wildman–Crippen MR) is 82.2 cm³/mol. The number of anilines is 1. The molecule has 0 bridgehead atoms. The van der Waals surface area contributed by atoms with E-state index in [9.17, 15) is 4.79 Å². The molecule has 1 aliphatic heterocycles. The van der Waals surface area contributed by atoms with Gasteiger partial charge in [-0.25, -0.2) is 4.98 Å². The summed E-state index contributed by atoms with van der Waals surface area (Å²) in [5.74, 6) is 0.861. The minimum Gasteiger partial charge on any atom is -0.370 e. The van der Waals surface area contributed by atoms with Crippen molar-refractivity contribution in [2.24, 2.45) is 0 Å². The van der Waals surface area contributed by atoms with Crippen LogP contribution < -0.4 is 16.0 Å². The molecule has 21 heavy (non-hydrogen) atoms. The number of hydrogen-bond acceptors (Lipinski definition) is 5. The number of nitrogens with one attached hydrogen (secondary N) is 3. The van der Waals surface area contributed by atoms with E-state index in [0.29, 0.717) is 6.54 Å². The first kappa shape index (κ1) is 15.7. The van der Waals surface area contributed by atoms with Crippen LogP contribution in [0, 0.1) is 0 Å². The molecule has 6 nitrogen and oxygen atoms in total. The fraction of sp³-hybridized carbons (Fsp3) is 0.600. The van der Waals surface area contributed by atoms with Crippen molar-refractivity contribution in [2.45, 2.75) is 24.9 Å². The number of aromatic nitrogens is 1. The molecule has 2 heterocycles. The fourth-order valence-corrected chi connectivity index (χ4v) is 2.49. The van der Waals surface area contributed by atoms with E-state index in [-0.39, 0.29) is 5.91 Å². The lowest BCUT2D eigenvalue weighted by atomic mass is 9.91. The van der Waals surface area contributed by atoms with E-state index in [0.717, 1.165) is 44.7 Å². The highest BCUT2D eigenvalue weighted by molar-refractivity contribution is 5.85. The molecular formula is C15H24N4O2. The van der Waals surface area contributed by atoms with E-state index in [4.69, 9.17) is 4.74 Å². The average Bonchev–Trinajstić information content (AvgIpc) is 2.56. The van der Waals surface area contributed by atoms with E-state index >= 15 is 0 Å². The Morgan fingerprint density at radius 2 is 2.19 bits per heavy atom. The van der Waals surface area contributed by atoms with Gasteiger partial charge in [0.2, 0.25) is 0 Å². The van der Waals surface area contributed by atoms with E-state index in [2.05, 4.69) is 20.9 Å². The Labute approximate surface area is 125 Å². The minimum absolute atomic E-state index is 0.00401. The molecule has 0 spiro atoms. The normalized spacial score (nSPS) is 17.2. The van der Waals surface area contributed by atoms with Gasteiger partial charge < -0.3 is 20.7 Å². The second-order valence-corrected chi connectivity index (χ2v) is 5.20. The maximum absolute atomic E-state index is 12.3. The minimum atomic E-state index is -0.653. The zero-order chi connectivity index (χ0) is 15.0. The van der Waals surface area contributed by atoms with Gasteiger partial charge in [0.25, 0.3) is 5.91 Å². The van der Waals surface area contributed by atoms with E-state index in [1.54, 1.807) is 13.3 Å². The van der Waals surface area contributed by atoms with Gasteiger partial charge in [-0.2, -0.15) is 0 Å². The van der Waals surface area contributed by atoms with Crippen molar-refractivity contribution in [2.75, 3.05) is 38.6 Å². The van der Waals surface area contributed by atoms with Gasteiger partial charge in [-0.15, -0.1) is 0 Å². The van der Waals surface area contributed by atoms with E-state index in [1.165, 1.54) is 0 Å². The van der Waals surface area contributed by atoms with Crippen LogP contribution in [-0.2, 0) is 9.53 Å². The van der Waals surface area contributed by atoms with E-state index in [1.807, 2.05) is 18.2 Å². The second kappa shape index (κ2) is 7.95. The molecule has 2 rings (SSSR count). The van der Waals surface area contributed by atoms with Crippen LogP contribution >= 0.6 is 0 Å². The summed E-state index contributed by atoms with van der Waals surface area (Å²) >= 11 is 0. The van der Waals surface area contributed by atoms with Crippen LogP contribution in [0.1, 0.15) is 19.3 Å². The third-order valence-electron chi connectivity index (χ3n) is 3.83. The summed E-state index contributed by atoms with van der Waals surface area (Å²) in [6.45, 7) is 3.06. The average molecular weight is 292 g/mol. The number of amides is 1. The third kappa shape index (κ3) is 4.41. The van der Waals surface area contributed by atoms with Crippen LogP contribution in [0.4, 0.5) is 5.82 Å². The Morgan fingerprint density at radius 3 is 2.86 bits per heavy atom. The molecule has 1 fully saturated rings. The van der Waals surface area contributed by atoms with Crippen molar-refractivity contribution in [3.05, 3.63) is 24.4 Å². The quantitative estimate of drug-likeness (QED) is 0.647. The summed E-state index contributed by atoms with van der Waals surface area (Å²) in [5.41, 5.74) is -0.653. The number of nitrogens with zero attached hydrogens (tertiary/aromatic N) is 1. The largest absolute Gasteiger partial charge is 0.370 e. The van der Waals surface area contributed by atoms with Crippen LogP contribution in [0.2, 0.25) is 0 Å². The Kier molecular flexibility index (Phi) is 5.95. The predicted octanol–water partition coefficient (Wildman–Crippen LogP) is 0.768. The monoisotopic (exact) mass is 292 g/mol. The third-order valence-corrected chi connectivity index (χ3v) is 3.83. The number of piperidine rings is 1. The van der Waals surface area contributed by atoms with Crippen LogP contribution in [0.5, 0.6) is 0 Å². The zero-order valence-electron chi connectivity index (χ0n) is 12.5. The number of carbonyl (C=O) groups excluding carboxylic acids is 1. The molecule has 3 N–H and O–H groups in total. The lowest BCUT2D eigenvalue weighted by Crippen LogP contribution is -2.54. The molecule has 116 valence electrons. The van der Waals surface area contributed by atoms with Crippen LogP contribution in [-0.4, -0.2) is 49.8 Å². The van der Waals surface area contributed by atoms with Crippen molar-refractivity contribution in [3.63, 3.8) is 0 Å². The Morgan fingerprint density at radius 1 is 1.38 bits per heavy atom. The van der Waals surface area contributed by atoms with Crippen molar-refractivity contribution in [1.82, 2.24) is 15.6 Å². The number of methoxy groups -OCH3 is 1. The van der Waals surface area contributed by atoms with Crippen LogP contribution in [0.25, 0.3) is 0 Å². The van der Waals surface area contributed by atoms with Gasteiger partial charge in [0.1, 0.15) is 11.4 Å². The smallest absolute Gasteiger partial charge is 0.252 e. The van der Waals surface area contributed by atoms with Gasteiger partial charge in [-0.05, 0) is 44.5 Å². The molecular weight excluding hydrogens is 268 g/mol. The fourth-order valence-electron chi connectivity index (χ4n) is 2.49. The molecule has 0 aliphatic carbocycles. The summed E-state index contributed by atoms with van der Waals surface area (Å²) in [7, 11) is 1.62. The SMILES string of the molecule is COC1(C(=O)NCCCNc2ccccn2)CCNCC1. The molecule has 0 atom stereocenters. The van der Waals surface area contributed by atoms with E-state index < -0.39 is 5.60 Å². The zero-order valence-corrected chi connectivity index (χ0v) is 12.5. The highest BCUT2D eigenvalue weighted by atomic mass is 16.5. The lowest BCUT2D eigenvalue weighted by molar-refractivity contribution is -0.146. The summed E-state index contributed by atoms with van der Waals surface area (Å²) in [6, 6.07) is 5.75. The topological polar surface area (TPSA) is 75.3 Å². The molecule has 6 heteroatoms. The lowest BCUT2D eigenvalue weighted by Gasteiger charge is -2.34. The summed E-state index contributed by atoms with van der Waals surface area (Å²) < 4.78 is 5.49. The van der Waals surface area contributed by atoms with Crippen LogP contribution in [0.3, 0.4) is 0 Å². The maximum Gasteiger partial charge on any atom is 0.252 e. The van der Waals surface area contributed by atoms with Crippen molar-refractivity contribution >= 4 is 11.7 Å². The molecule has 1 aromatic heterocycles. The van der Waals surface area contributed by atoms with Gasteiger partial charge in [-0.1, -0.05) is 6.07 Å². The molecule has 1 aromatic rings. The molecule has 1 amide bonds. The van der Waals surface area contributed by atoms with Gasteiger partial charge in [0.15, 0.2) is 0 Å². The molecule has 1 aliphatic rings. The molecule has 0 aromatic carbocycles. The number of carbonyl (C=O) groups is 1. The van der Waals surface area contributed by atoms with Crippen molar-refractivity contribution in [1.29, 1.82) is 0 Å². The van der Waals surface area contributed by atoms with Crippen LogP contribution in [0.15, 0.2) is 24.4 Å². The van der Waals surface area contributed by atoms with Crippen molar-refractivity contribution < 1.29 is 9.53 Å². The summed E-state index contributed by atoms with van der Waals surface area (Å²) in [5, 5.41) is 9.44. The molecule has 0 unspecified atom stereocenters. The first-order chi connectivity index (χ1) is 10.3. The summed E-state index contributed by atoms with van der Waals surface area (Å²) in [6.07, 6.45) is 4.05. The highest BCUT2D eigenvalue weighted by Crippen LogP contribution is 2.22. The molecule has 0 saturated carbocycles. The molecule has 1 saturated heterocycles. The summed E-state index contributed by atoms with van der Waals surface area (Å²) in [4.78, 5) is 16.5. The second-order valence-electron chi connectivity index (χ2n) is 5.20. The Bertz CT molecular complexity index is 433. The Hall–Kier alpha value is -1.66. The first-order valence-corrected chi connectivity index (χ1v) is 7.46. The number of ether oxygens (including phenoxy) is 1. The Balaban J connectivity index is 1.67. The number of hydrogen-bond donors (Lipinski definition) is 3. The van der Waals surface area contributed by atoms with Crippen molar-refractivity contribution in [3.8, 4) is 0 Å². The molecule has 0 radical (unpaired) electrons. The van der Waals surface area contributed by atoms with Gasteiger partial charge in [-0.3, -0.25) is 4.79 Å². The van der Waals surface area contributed by atoms with Gasteiger partial charge in [0, 0.05) is 26.4 Å². The highest BCUT2D eigenvalue weighted by Gasteiger charge is 2.39. The first-order valence-electron chi connectivity index (χ1n) is 7.46. The number of rotatable bonds is 7. The number of pyridine rings is 1. The maximum atomic E-state index is 12.3. The standard InChI is InChI=1S/C15H24N4O2/c1-21-15(6-11-16-12-7-15)14(20)19-10-4-9-18-13-5-2-3-8-17-13/h2-3,5,8,16H,4,6-7,9-12H2,1H3,(H,17,18)(H,19,20).